The molecule has 0 aliphatic carbocycles. The molecule has 27 heavy (non-hydrogen) atoms. The Morgan fingerprint density at radius 2 is 1.96 bits per heavy atom. The monoisotopic (exact) mass is 387 g/mol. The van der Waals surface area contributed by atoms with Gasteiger partial charge in [-0.3, -0.25) is 14.6 Å². The summed E-state index contributed by atoms with van der Waals surface area (Å²) in [4.78, 5) is 20.3. The summed E-state index contributed by atoms with van der Waals surface area (Å²) in [5.74, 6) is 1.87. The number of rotatable bonds is 6. The van der Waals surface area contributed by atoms with Crippen molar-refractivity contribution in [3.8, 4) is 11.5 Å². The molecule has 0 bridgehead atoms. The Bertz CT molecular complexity index is 773. The van der Waals surface area contributed by atoms with Crippen molar-refractivity contribution < 1.29 is 14.3 Å². The van der Waals surface area contributed by atoms with E-state index in [0.29, 0.717) is 13.3 Å². The van der Waals surface area contributed by atoms with Gasteiger partial charge in [-0.2, -0.15) is 0 Å². The molecule has 2 aliphatic heterocycles. The zero-order valence-electron chi connectivity index (χ0n) is 15.6. The molecule has 2 aromatic rings. The average molecular weight is 388 g/mol. The van der Waals surface area contributed by atoms with Crippen LogP contribution >= 0.6 is 11.3 Å². The van der Waals surface area contributed by atoms with Gasteiger partial charge in [0, 0.05) is 44.1 Å². The van der Waals surface area contributed by atoms with E-state index in [9.17, 15) is 4.79 Å². The molecule has 0 atom stereocenters. The second-order valence-corrected chi connectivity index (χ2v) is 8.13. The number of benzene rings is 1. The Balaban J connectivity index is 1.23. The third-order valence-corrected chi connectivity index (χ3v) is 5.84. The molecule has 0 saturated carbocycles. The van der Waals surface area contributed by atoms with Crippen molar-refractivity contribution in [2.45, 2.75) is 13.1 Å². The Labute approximate surface area is 163 Å². The molecule has 144 valence electrons. The average Bonchev–Trinajstić information content (AvgIpc) is 3.33. The number of hydrogen-bond acceptors (Lipinski definition) is 6. The van der Waals surface area contributed by atoms with Crippen LogP contribution in [0.2, 0.25) is 0 Å². The molecular weight excluding hydrogens is 362 g/mol. The molecule has 7 heteroatoms. The number of fused-ring (bicyclic) bond motifs is 1. The maximum Gasteiger partial charge on any atom is 0.236 e. The van der Waals surface area contributed by atoms with E-state index in [0.717, 1.165) is 50.8 Å². The number of ether oxygens (including phenoxy) is 2. The van der Waals surface area contributed by atoms with Gasteiger partial charge in [0.25, 0.3) is 0 Å². The van der Waals surface area contributed by atoms with Gasteiger partial charge >= 0.3 is 0 Å². The van der Waals surface area contributed by atoms with Crippen molar-refractivity contribution in [3.63, 3.8) is 0 Å². The number of hydrogen-bond donors (Lipinski definition) is 0. The van der Waals surface area contributed by atoms with E-state index in [-0.39, 0.29) is 5.91 Å². The van der Waals surface area contributed by atoms with Crippen molar-refractivity contribution in [2.75, 3.05) is 46.6 Å². The Hall–Kier alpha value is -2.09. The van der Waals surface area contributed by atoms with Crippen LogP contribution in [0.1, 0.15) is 10.4 Å². The van der Waals surface area contributed by atoms with Crippen LogP contribution < -0.4 is 9.47 Å². The third kappa shape index (κ3) is 4.61. The topological polar surface area (TPSA) is 45.3 Å². The first-order valence-electron chi connectivity index (χ1n) is 9.27. The van der Waals surface area contributed by atoms with Crippen LogP contribution in [0.5, 0.6) is 11.5 Å². The van der Waals surface area contributed by atoms with Crippen molar-refractivity contribution in [1.29, 1.82) is 0 Å². The number of amides is 1. The van der Waals surface area contributed by atoms with Gasteiger partial charge in [0.2, 0.25) is 12.7 Å². The second-order valence-electron chi connectivity index (χ2n) is 7.10. The molecule has 1 aromatic heterocycles. The van der Waals surface area contributed by atoms with Crippen LogP contribution in [0.25, 0.3) is 0 Å². The van der Waals surface area contributed by atoms with Crippen molar-refractivity contribution >= 4 is 17.2 Å². The molecule has 4 rings (SSSR count). The zero-order valence-corrected chi connectivity index (χ0v) is 16.4. The normalized spacial score (nSPS) is 16.9. The number of carbonyl (C=O) groups is 1. The molecule has 1 fully saturated rings. The minimum Gasteiger partial charge on any atom is -0.454 e. The van der Waals surface area contributed by atoms with Gasteiger partial charge in [-0.05, 0) is 36.2 Å². The van der Waals surface area contributed by atoms with Gasteiger partial charge in [-0.1, -0.05) is 12.1 Å². The minimum atomic E-state index is 0.219. The van der Waals surface area contributed by atoms with Crippen LogP contribution in [0, 0.1) is 0 Å². The Morgan fingerprint density at radius 3 is 2.74 bits per heavy atom. The largest absolute Gasteiger partial charge is 0.454 e. The van der Waals surface area contributed by atoms with E-state index in [1.165, 1.54) is 10.4 Å². The fourth-order valence-electron chi connectivity index (χ4n) is 3.51. The Kier molecular flexibility index (Phi) is 5.61. The molecule has 0 radical (unpaired) electrons. The maximum absolute atomic E-state index is 12.6. The van der Waals surface area contributed by atoms with Crippen LogP contribution in [0.3, 0.4) is 0 Å². The first-order chi connectivity index (χ1) is 13.2. The lowest BCUT2D eigenvalue weighted by molar-refractivity contribution is -0.134. The highest BCUT2D eigenvalue weighted by atomic mass is 32.1. The number of nitrogens with zero attached hydrogens (tertiary/aromatic N) is 3. The lowest BCUT2D eigenvalue weighted by atomic mass is 10.1. The predicted molar refractivity (Wildman–Crippen MR) is 105 cm³/mol. The molecule has 0 spiro atoms. The van der Waals surface area contributed by atoms with Crippen LogP contribution in [0.15, 0.2) is 35.7 Å². The highest BCUT2D eigenvalue weighted by Crippen LogP contribution is 2.32. The first kappa shape index (κ1) is 18.3. The highest BCUT2D eigenvalue weighted by molar-refractivity contribution is 7.09. The third-order valence-electron chi connectivity index (χ3n) is 4.98. The summed E-state index contributed by atoms with van der Waals surface area (Å²) >= 11 is 1.73. The summed E-state index contributed by atoms with van der Waals surface area (Å²) in [7, 11) is 2.01. The van der Waals surface area contributed by atoms with Gasteiger partial charge in [0.15, 0.2) is 11.5 Å². The molecule has 3 heterocycles. The number of likely N-dealkylation sites (N-methyl/N-ethyl adjacent to an activating group) is 1. The SMILES string of the molecule is CN(CC(=O)N1CCN(Cc2ccc3c(c2)OCO3)CC1)Cc1cccs1. The summed E-state index contributed by atoms with van der Waals surface area (Å²) < 4.78 is 10.8. The number of piperazine rings is 1. The smallest absolute Gasteiger partial charge is 0.236 e. The second kappa shape index (κ2) is 8.29. The lowest BCUT2D eigenvalue weighted by Crippen LogP contribution is -2.50. The van der Waals surface area contributed by atoms with Crippen LogP contribution in [0.4, 0.5) is 0 Å². The van der Waals surface area contributed by atoms with E-state index in [1.54, 1.807) is 11.3 Å². The van der Waals surface area contributed by atoms with E-state index in [2.05, 4.69) is 39.4 Å². The molecule has 1 amide bonds. The number of thiophene rings is 1. The fourth-order valence-corrected chi connectivity index (χ4v) is 4.29. The highest BCUT2D eigenvalue weighted by Gasteiger charge is 2.22. The minimum absolute atomic E-state index is 0.219. The summed E-state index contributed by atoms with van der Waals surface area (Å²) in [5.41, 5.74) is 1.22. The van der Waals surface area contributed by atoms with Crippen molar-refractivity contribution in [3.05, 3.63) is 46.2 Å². The fraction of sp³-hybridized carbons (Fsp3) is 0.450. The lowest BCUT2D eigenvalue weighted by Gasteiger charge is -2.35. The maximum atomic E-state index is 12.6. The van der Waals surface area contributed by atoms with Gasteiger partial charge < -0.3 is 14.4 Å². The summed E-state index contributed by atoms with van der Waals surface area (Å²) in [6.45, 7) is 5.85. The summed E-state index contributed by atoms with van der Waals surface area (Å²) in [6.07, 6.45) is 0. The molecule has 1 aromatic carbocycles. The van der Waals surface area contributed by atoms with Gasteiger partial charge in [0.05, 0.1) is 6.54 Å². The van der Waals surface area contributed by atoms with Crippen molar-refractivity contribution in [2.24, 2.45) is 0 Å². The summed E-state index contributed by atoms with van der Waals surface area (Å²) in [6, 6.07) is 10.3. The zero-order chi connectivity index (χ0) is 18.6. The predicted octanol–water partition coefficient (Wildman–Crippen LogP) is 2.25. The van der Waals surface area contributed by atoms with Gasteiger partial charge in [-0.25, -0.2) is 0 Å². The number of carbonyl (C=O) groups excluding carboxylic acids is 1. The molecule has 1 saturated heterocycles. The summed E-state index contributed by atoms with van der Waals surface area (Å²) in [5, 5.41) is 2.07. The van der Waals surface area contributed by atoms with Gasteiger partial charge in [-0.15, -0.1) is 11.3 Å². The van der Waals surface area contributed by atoms with E-state index >= 15 is 0 Å². The molecular formula is C20H25N3O3S. The van der Waals surface area contributed by atoms with E-state index < -0.39 is 0 Å². The molecule has 2 aliphatic rings. The quantitative estimate of drug-likeness (QED) is 0.761. The van der Waals surface area contributed by atoms with E-state index in [4.69, 9.17) is 9.47 Å². The van der Waals surface area contributed by atoms with Gasteiger partial charge in [0.1, 0.15) is 0 Å². The molecule has 0 unspecified atom stereocenters. The van der Waals surface area contributed by atoms with Crippen LogP contribution in [-0.4, -0.2) is 67.2 Å². The van der Waals surface area contributed by atoms with Crippen LogP contribution in [-0.2, 0) is 17.9 Å². The van der Waals surface area contributed by atoms with E-state index in [1.807, 2.05) is 18.0 Å². The Morgan fingerprint density at radius 1 is 1.15 bits per heavy atom. The molecule has 0 N–H and O–H groups in total. The first-order valence-corrected chi connectivity index (χ1v) is 10.1. The molecule has 6 nitrogen and oxygen atoms in total. The van der Waals surface area contributed by atoms with Crippen molar-refractivity contribution in [1.82, 2.24) is 14.7 Å². The standard InChI is InChI=1S/C20H25N3O3S/c1-21(13-17-3-2-10-27-17)14-20(24)23-8-6-22(7-9-23)12-16-4-5-18-19(11-16)26-15-25-18/h2-5,10-11H,6-9,12-15H2,1H3.